The average molecular weight is 260 g/mol. The maximum Gasteiger partial charge on any atom is 0.133 e. The van der Waals surface area contributed by atoms with E-state index >= 15 is 0 Å². The van der Waals surface area contributed by atoms with Gasteiger partial charge in [-0.15, -0.1) is 0 Å². The summed E-state index contributed by atoms with van der Waals surface area (Å²) in [6.07, 6.45) is 4.37. The number of piperidine rings is 1. The lowest BCUT2D eigenvalue weighted by molar-refractivity contribution is 0.193. The number of likely N-dealkylation sites (tertiary alicyclic amines) is 1. The zero-order chi connectivity index (χ0) is 13.2. The van der Waals surface area contributed by atoms with E-state index in [1.54, 1.807) is 0 Å². The Morgan fingerprint density at radius 2 is 2.37 bits per heavy atom. The predicted molar refractivity (Wildman–Crippen MR) is 71.8 cm³/mol. The molecule has 3 heterocycles. The van der Waals surface area contributed by atoms with Crippen molar-refractivity contribution in [3.05, 3.63) is 35.0 Å². The molecular weight excluding hydrogens is 240 g/mol. The van der Waals surface area contributed by atoms with Gasteiger partial charge in [0.1, 0.15) is 5.76 Å². The molecule has 1 atom stereocenters. The zero-order valence-electron chi connectivity index (χ0n) is 11.5. The molecular formula is C14H20N4O. The third-order valence-corrected chi connectivity index (χ3v) is 3.84. The second kappa shape index (κ2) is 5.17. The van der Waals surface area contributed by atoms with Gasteiger partial charge in [-0.25, -0.2) is 0 Å². The number of rotatable bonds is 3. The van der Waals surface area contributed by atoms with E-state index < -0.39 is 0 Å². The molecule has 3 rings (SSSR count). The minimum absolute atomic E-state index is 0.559. The van der Waals surface area contributed by atoms with Crippen molar-refractivity contribution in [1.29, 1.82) is 0 Å². The Labute approximate surface area is 113 Å². The molecule has 0 aromatic carbocycles. The van der Waals surface area contributed by atoms with E-state index in [1.807, 2.05) is 19.2 Å². The zero-order valence-corrected chi connectivity index (χ0v) is 11.5. The van der Waals surface area contributed by atoms with Gasteiger partial charge < -0.3 is 4.52 Å². The molecule has 0 saturated carbocycles. The summed E-state index contributed by atoms with van der Waals surface area (Å²) in [5.41, 5.74) is 3.59. The molecule has 0 bridgehead atoms. The number of nitrogens with zero attached hydrogens (tertiary/aromatic N) is 3. The molecule has 102 valence electrons. The SMILES string of the molecule is Cc1cc(CN2CCC[C@H](c3[nH]ncc3C)C2)no1. The van der Waals surface area contributed by atoms with Crippen molar-refractivity contribution in [3.8, 4) is 0 Å². The fraction of sp³-hybridized carbons (Fsp3) is 0.571. The van der Waals surface area contributed by atoms with Crippen LogP contribution in [0.2, 0.25) is 0 Å². The van der Waals surface area contributed by atoms with Crippen LogP contribution in [-0.2, 0) is 6.54 Å². The maximum atomic E-state index is 5.13. The molecule has 1 aliphatic rings. The summed E-state index contributed by atoms with van der Waals surface area (Å²) in [5.74, 6) is 1.44. The Bertz CT molecular complexity index is 545. The van der Waals surface area contributed by atoms with Crippen molar-refractivity contribution in [2.45, 2.75) is 39.2 Å². The third kappa shape index (κ3) is 2.71. The monoisotopic (exact) mass is 260 g/mol. The molecule has 0 spiro atoms. The molecule has 5 nitrogen and oxygen atoms in total. The van der Waals surface area contributed by atoms with E-state index in [4.69, 9.17) is 4.52 Å². The van der Waals surface area contributed by atoms with Crippen LogP contribution in [0.1, 0.15) is 41.5 Å². The van der Waals surface area contributed by atoms with Gasteiger partial charge in [-0.2, -0.15) is 5.10 Å². The number of hydrogen-bond acceptors (Lipinski definition) is 4. The minimum atomic E-state index is 0.559. The summed E-state index contributed by atoms with van der Waals surface area (Å²) >= 11 is 0. The molecule has 2 aromatic heterocycles. The second-order valence-corrected chi connectivity index (χ2v) is 5.47. The number of hydrogen-bond donors (Lipinski definition) is 1. The summed E-state index contributed by atoms with van der Waals surface area (Å²) < 4.78 is 5.13. The number of H-pyrrole nitrogens is 1. The van der Waals surface area contributed by atoms with E-state index in [9.17, 15) is 0 Å². The van der Waals surface area contributed by atoms with E-state index in [0.717, 1.165) is 31.1 Å². The average Bonchev–Trinajstić information content (AvgIpc) is 2.99. The molecule has 1 fully saturated rings. The van der Waals surface area contributed by atoms with Crippen molar-refractivity contribution in [2.75, 3.05) is 13.1 Å². The van der Waals surface area contributed by atoms with Crippen LogP contribution >= 0.6 is 0 Å². The molecule has 0 aliphatic carbocycles. The summed E-state index contributed by atoms with van der Waals surface area (Å²) in [5, 5.41) is 11.4. The van der Waals surface area contributed by atoms with Crippen LogP contribution in [0.25, 0.3) is 0 Å². The quantitative estimate of drug-likeness (QED) is 0.920. The van der Waals surface area contributed by atoms with Gasteiger partial charge >= 0.3 is 0 Å². The van der Waals surface area contributed by atoms with Crippen LogP contribution in [-0.4, -0.2) is 33.3 Å². The molecule has 19 heavy (non-hydrogen) atoms. The lowest BCUT2D eigenvalue weighted by Crippen LogP contribution is -2.34. The first kappa shape index (κ1) is 12.4. The van der Waals surface area contributed by atoms with Crippen LogP contribution in [0.15, 0.2) is 16.8 Å². The Kier molecular flexibility index (Phi) is 3.38. The maximum absolute atomic E-state index is 5.13. The van der Waals surface area contributed by atoms with Crippen LogP contribution in [0.5, 0.6) is 0 Å². The van der Waals surface area contributed by atoms with E-state index in [2.05, 4.69) is 27.2 Å². The first-order valence-corrected chi connectivity index (χ1v) is 6.87. The molecule has 2 aromatic rings. The molecule has 0 unspecified atom stereocenters. The highest BCUT2D eigenvalue weighted by molar-refractivity contribution is 5.19. The number of aromatic amines is 1. The smallest absolute Gasteiger partial charge is 0.133 e. The Morgan fingerprint density at radius 1 is 1.47 bits per heavy atom. The number of nitrogens with one attached hydrogen (secondary N) is 1. The molecule has 5 heteroatoms. The highest BCUT2D eigenvalue weighted by Gasteiger charge is 2.24. The lowest BCUT2D eigenvalue weighted by Gasteiger charge is -2.31. The van der Waals surface area contributed by atoms with Gasteiger partial charge in [0.25, 0.3) is 0 Å². The van der Waals surface area contributed by atoms with Gasteiger partial charge in [-0.1, -0.05) is 5.16 Å². The molecule has 1 aliphatic heterocycles. The standard InChI is InChI=1S/C14H20N4O/c1-10-7-15-16-14(10)12-4-3-5-18(8-12)9-13-6-11(2)19-17-13/h6-7,12H,3-5,8-9H2,1-2H3,(H,15,16)/t12-/m0/s1. The predicted octanol–water partition coefficient (Wildman–Crippen LogP) is 2.39. The largest absolute Gasteiger partial charge is 0.361 e. The number of aromatic nitrogens is 3. The Balaban J connectivity index is 1.66. The first-order chi connectivity index (χ1) is 9.22. The Morgan fingerprint density at radius 3 is 3.05 bits per heavy atom. The summed E-state index contributed by atoms with van der Waals surface area (Å²) in [6, 6.07) is 2.02. The van der Waals surface area contributed by atoms with E-state index in [-0.39, 0.29) is 0 Å². The topological polar surface area (TPSA) is 58.0 Å². The number of aryl methyl sites for hydroxylation is 2. The summed E-state index contributed by atoms with van der Waals surface area (Å²) in [7, 11) is 0. The third-order valence-electron chi connectivity index (χ3n) is 3.84. The van der Waals surface area contributed by atoms with Crippen LogP contribution in [0.3, 0.4) is 0 Å². The van der Waals surface area contributed by atoms with Crippen molar-refractivity contribution < 1.29 is 4.52 Å². The van der Waals surface area contributed by atoms with Gasteiger partial charge in [0, 0.05) is 30.8 Å². The van der Waals surface area contributed by atoms with Crippen molar-refractivity contribution in [2.24, 2.45) is 0 Å². The van der Waals surface area contributed by atoms with Crippen molar-refractivity contribution in [3.63, 3.8) is 0 Å². The summed E-state index contributed by atoms with van der Waals surface area (Å²) in [6.45, 7) is 7.13. The molecule has 1 N–H and O–H groups in total. The fourth-order valence-electron chi connectivity index (χ4n) is 2.93. The van der Waals surface area contributed by atoms with Gasteiger partial charge in [0.05, 0.1) is 11.9 Å². The van der Waals surface area contributed by atoms with Gasteiger partial charge in [0.15, 0.2) is 0 Å². The minimum Gasteiger partial charge on any atom is -0.361 e. The van der Waals surface area contributed by atoms with Crippen molar-refractivity contribution in [1.82, 2.24) is 20.3 Å². The van der Waals surface area contributed by atoms with Gasteiger partial charge in [-0.3, -0.25) is 10.00 Å². The Hall–Kier alpha value is -1.62. The van der Waals surface area contributed by atoms with Gasteiger partial charge in [-0.05, 0) is 38.8 Å². The molecule has 0 amide bonds. The highest BCUT2D eigenvalue weighted by atomic mass is 16.5. The second-order valence-electron chi connectivity index (χ2n) is 5.47. The summed E-state index contributed by atoms with van der Waals surface area (Å²) in [4.78, 5) is 2.45. The van der Waals surface area contributed by atoms with Crippen molar-refractivity contribution >= 4 is 0 Å². The normalized spacial score (nSPS) is 20.8. The van der Waals surface area contributed by atoms with Crippen LogP contribution < -0.4 is 0 Å². The van der Waals surface area contributed by atoms with Crippen LogP contribution in [0.4, 0.5) is 0 Å². The highest BCUT2D eigenvalue weighted by Crippen LogP contribution is 2.28. The molecule has 0 radical (unpaired) electrons. The van der Waals surface area contributed by atoms with Gasteiger partial charge in [0.2, 0.25) is 0 Å². The lowest BCUT2D eigenvalue weighted by atomic mass is 9.93. The first-order valence-electron chi connectivity index (χ1n) is 6.87. The molecule has 1 saturated heterocycles. The van der Waals surface area contributed by atoms with E-state index in [0.29, 0.717) is 5.92 Å². The fourth-order valence-corrected chi connectivity index (χ4v) is 2.93. The van der Waals surface area contributed by atoms with E-state index in [1.165, 1.54) is 24.1 Å². The van der Waals surface area contributed by atoms with Crippen LogP contribution in [0, 0.1) is 13.8 Å².